The molecule has 0 radical (unpaired) electrons. The third-order valence-electron chi connectivity index (χ3n) is 3.25. The van der Waals surface area contributed by atoms with E-state index in [9.17, 15) is 13.2 Å². The molecule has 0 heterocycles. The summed E-state index contributed by atoms with van der Waals surface area (Å²) in [6, 6.07) is 5.62. The van der Waals surface area contributed by atoms with E-state index in [0.29, 0.717) is 11.5 Å². The zero-order valence-corrected chi connectivity index (χ0v) is 12.8. The van der Waals surface area contributed by atoms with Crippen LogP contribution in [-0.2, 0) is 9.05 Å². The molecular formula is C13H18ClNO3S. The van der Waals surface area contributed by atoms with Crippen molar-refractivity contribution in [2.45, 2.75) is 38.1 Å². The summed E-state index contributed by atoms with van der Waals surface area (Å²) in [6.45, 7) is 6.07. The Bertz CT molecular complexity index is 540. The number of hydrogen-bond acceptors (Lipinski definition) is 3. The number of carbonyl (C=O) groups excluding carboxylic acids is 1. The van der Waals surface area contributed by atoms with Gasteiger partial charge in [0.25, 0.3) is 15.0 Å². The highest BCUT2D eigenvalue weighted by Crippen LogP contribution is 2.15. The van der Waals surface area contributed by atoms with Gasteiger partial charge in [-0.3, -0.25) is 4.79 Å². The maximum atomic E-state index is 11.9. The normalized spacial score (nSPS) is 14.7. The minimum Gasteiger partial charge on any atom is -0.349 e. The van der Waals surface area contributed by atoms with Gasteiger partial charge in [-0.15, -0.1) is 0 Å². The fraction of sp³-hybridized carbons (Fsp3) is 0.462. The van der Waals surface area contributed by atoms with Gasteiger partial charge in [-0.1, -0.05) is 20.3 Å². The standard InChI is InChI=1S/C13H18ClNO3S/c1-4-9(2)10(3)15-13(16)11-5-7-12(8-6-11)19(14,17)18/h5-10H,4H2,1-3H3,(H,15,16). The maximum absolute atomic E-state index is 11.9. The fourth-order valence-electron chi connectivity index (χ4n) is 1.55. The lowest BCUT2D eigenvalue weighted by Crippen LogP contribution is -2.36. The molecule has 0 aliphatic rings. The highest BCUT2D eigenvalue weighted by molar-refractivity contribution is 8.13. The van der Waals surface area contributed by atoms with Crippen LogP contribution in [0, 0.1) is 5.92 Å². The van der Waals surface area contributed by atoms with Gasteiger partial charge in [0, 0.05) is 22.3 Å². The number of carbonyl (C=O) groups is 1. The van der Waals surface area contributed by atoms with Crippen LogP contribution in [0.25, 0.3) is 0 Å². The van der Waals surface area contributed by atoms with Gasteiger partial charge in [0.1, 0.15) is 0 Å². The summed E-state index contributed by atoms with van der Waals surface area (Å²) in [5.74, 6) is 0.165. The van der Waals surface area contributed by atoms with Crippen molar-refractivity contribution in [3.63, 3.8) is 0 Å². The zero-order valence-electron chi connectivity index (χ0n) is 11.2. The van der Waals surface area contributed by atoms with Crippen molar-refractivity contribution in [1.82, 2.24) is 5.32 Å². The average Bonchev–Trinajstić information content (AvgIpc) is 2.36. The van der Waals surface area contributed by atoms with E-state index in [0.717, 1.165) is 6.42 Å². The Morgan fingerprint density at radius 3 is 2.21 bits per heavy atom. The maximum Gasteiger partial charge on any atom is 0.261 e. The molecule has 19 heavy (non-hydrogen) atoms. The second-order valence-corrected chi connectivity index (χ2v) is 7.18. The van der Waals surface area contributed by atoms with Crippen LogP contribution in [0.3, 0.4) is 0 Å². The smallest absolute Gasteiger partial charge is 0.261 e. The van der Waals surface area contributed by atoms with Gasteiger partial charge in [-0.25, -0.2) is 8.42 Å². The second kappa shape index (κ2) is 6.39. The molecule has 0 saturated heterocycles. The number of nitrogens with one attached hydrogen (secondary N) is 1. The van der Waals surface area contributed by atoms with E-state index in [1.165, 1.54) is 24.3 Å². The first kappa shape index (κ1) is 16.0. The highest BCUT2D eigenvalue weighted by Gasteiger charge is 2.15. The summed E-state index contributed by atoms with van der Waals surface area (Å²) in [7, 11) is 1.46. The van der Waals surface area contributed by atoms with Gasteiger partial charge in [0.05, 0.1) is 4.90 Å². The molecular weight excluding hydrogens is 286 g/mol. The molecule has 6 heteroatoms. The lowest BCUT2D eigenvalue weighted by molar-refractivity contribution is 0.0928. The Balaban J connectivity index is 2.79. The van der Waals surface area contributed by atoms with Crippen LogP contribution < -0.4 is 5.32 Å². The molecule has 1 rings (SSSR count). The molecule has 0 aliphatic heterocycles. The van der Waals surface area contributed by atoms with E-state index in [1.54, 1.807) is 0 Å². The van der Waals surface area contributed by atoms with Crippen molar-refractivity contribution >= 4 is 25.6 Å². The molecule has 1 amide bonds. The first-order chi connectivity index (χ1) is 8.75. The summed E-state index contributed by atoms with van der Waals surface area (Å²) >= 11 is 0. The van der Waals surface area contributed by atoms with Gasteiger partial charge in [-0.2, -0.15) is 0 Å². The predicted molar refractivity (Wildman–Crippen MR) is 75.9 cm³/mol. The average molecular weight is 304 g/mol. The largest absolute Gasteiger partial charge is 0.349 e. The van der Waals surface area contributed by atoms with Crippen molar-refractivity contribution < 1.29 is 13.2 Å². The summed E-state index contributed by atoms with van der Waals surface area (Å²) < 4.78 is 22.2. The molecule has 0 saturated carbocycles. The minimum atomic E-state index is -3.75. The molecule has 0 aromatic heterocycles. The van der Waals surface area contributed by atoms with Crippen LogP contribution >= 0.6 is 10.7 Å². The zero-order chi connectivity index (χ0) is 14.6. The van der Waals surface area contributed by atoms with E-state index in [-0.39, 0.29) is 16.8 Å². The quantitative estimate of drug-likeness (QED) is 0.851. The van der Waals surface area contributed by atoms with Crippen molar-refractivity contribution in [1.29, 1.82) is 0 Å². The van der Waals surface area contributed by atoms with Gasteiger partial charge in [-0.05, 0) is 37.1 Å². The van der Waals surface area contributed by atoms with Crippen LogP contribution in [0.5, 0.6) is 0 Å². The fourth-order valence-corrected chi connectivity index (χ4v) is 2.32. The topological polar surface area (TPSA) is 63.2 Å². The van der Waals surface area contributed by atoms with Crippen molar-refractivity contribution in [2.75, 3.05) is 0 Å². The molecule has 0 fully saturated rings. The molecule has 2 atom stereocenters. The van der Waals surface area contributed by atoms with Crippen LogP contribution in [0.4, 0.5) is 0 Å². The number of benzene rings is 1. The Morgan fingerprint density at radius 1 is 1.26 bits per heavy atom. The highest BCUT2D eigenvalue weighted by atomic mass is 35.7. The first-order valence-electron chi connectivity index (χ1n) is 6.11. The third-order valence-corrected chi connectivity index (χ3v) is 4.62. The van der Waals surface area contributed by atoms with Gasteiger partial charge in [0.2, 0.25) is 0 Å². The predicted octanol–water partition coefficient (Wildman–Crippen LogP) is 2.78. The Morgan fingerprint density at radius 2 is 1.79 bits per heavy atom. The van der Waals surface area contributed by atoms with Crippen molar-refractivity contribution in [3.05, 3.63) is 29.8 Å². The molecule has 0 bridgehead atoms. The molecule has 106 valence electrons. The Kier molecular flexibility index (Phi) is 5.38. The summed E-state index contributed by atoms with van der Waals surface area (Å²) in [4.78, 5) is 11.9. The third kappa shape index (κ3) is 4.51. The molecule has 0 aliphatic carbocycles. The van der Waals surface area contributed by atoms with E-state index >= 15 is 0 Å². The number of hydrogen-bond donors (Lipinski definition) is 1. The van der Waals surface area contributed by atoms with E-state index < -0.39 is 9.05 Å². The van der Waals surface area contributed by atoms with Gasteiger partial charge in [0.15, 0.2) is 0 Å². The van der Waals surface area contributed by atoms with Gasteiger partial charge < -0.3 is 5.32 Å². The van der Waals surface area contributed by atoms with E-state index in [4.69, 9.17) is 10.7 Å². The number of rotatable bonds is 5. The molecule has 0 spiro atoms. The van der Waals surface area contributed by atoms with Crippen LogP contribution in [0.2, 0.25) is 0 Å². The first-order valence-corrected chi connectivity index (χ1v) is 8.42. The number of amides is 1. The lowest BCUT2D eigenvalue weighted by atomic mass is 10.0. The lowest BCUT2D eigenvalue weighted by Gasteiger charge is -2.19. The molecule has 4 nitrogen and oxygen atoms in total. The van der Waals surface area contributed by atoms with Crippen molar-refractivity contribution in [2.24, 2.45) is 5.92 Å². The molecule has 1 aromatic rings. The van der Waals surface area contributed by atoms with E-state index in [2.05, 4.69) is 19.2 Å². The van der Waals surface area contributed by atoms with Crippen LogP contribution in [-0.4, -0.2) is 20.4 Å². The Hall–Kier alpha value is -1.07. The van der Waals surface area contributed by atoms with E-state index in [1.807, 2.05) is 6.92 Å². The minimum absolute atomic E-state index is 0.0132. The molecule has 1 N–H and O–H groups in total. The summed E-state index contributed by atoms with van der Waals surface area (Å²) in [5.41, 5.74) is 0.416. The van der Waals surface area contributed by atoms with Crippen LogP contribution in [0.15, 0.2) is 29.2 Å². The monoisotopic (exact) mass is 303 g/mol. The summed E-state index contributed by atoms with van der Waals surface area (Å²) in [6.07, 6.45) is 0.977. The molecule has 2 unspecified atom stereocenters. The molecule has 1 aromatic carbocycles. The van der Waals surface area contributed by atoms with Gasteiger partial charge >= 0.3 is 0 Å². The second-order valence-electron chi connectivity index (χ2n) is 4.61. The van der Waals surface area contributed by atoms with Crippen LogP contribution in [0.1, 0.15) is 37.6 Å². The SMILES string of the molecule is CCC(C)C(C)NC(=O)c1ccc(S(=O)(=O)Cl)cc1. The Labute approximate surface area is 118 Å². The number of halogens is 1. The summed E-state index contributed by atoms with van der Waals surface area (Å²) in [5, 5.41) is 2.88. The van der Waals surface area contributed by atoms with Crippen molar-refractivity contribution in [3.8, 4) is 0 Å².